The number of hydrogen-bond acceptors (Lipinski definition) is 4. The number of likely N-dealkylation sites (N-methyl/N-ethyl adjacent to an activating group) is 1. The van der Waals surface area contributed by atoms with Gasteiger partial charge in [0.25, 0.3) is 0 Å². The predicted octanol–water partition coefficient (Wildman–Crippen LogP) is -0.469. The van der Waals surface area contributed by atoms with E-state index in [1.54, 1.807) is 20.9 Å². The lowest BCUT2D eigenvalue weighted by Gasteiger charge is -2.40. The first kappa shape index (κ1) is 10.4. The van der Waals surface area contributed by atoms with E-state index in [1.165, 1.54) is 4.90 Å². The summed E-state index contributed by atoms with van der Waals surface area (Å²) in [5.41, 5.74) is -1.72. The highest BCUT2D eigenvalue weighted by molar-refractivity contribution is 5.91. The number of fused-ring (bicyclic) bond motifs is 1. The molecule has 3 atom stereocenters. The van der Waals surface area contributed by atoms with Crippen LogP contribution in [0, 0.1) is 5.92 Å². The smallest absolute Gasteiger partial charge is 0.307 e. The Morgan fingerprint density at radius 3 is 2.67 bits per heavy atom. The molecular weight excluding hydrogens is 198 g/mol. The quantitative estimate of drug-likeness (QED) is 0.598. The Kier molecular flexibility index (Phi) is 1.89. The van der Waals surface area contributed by atoms with Crippen LogP contribution in [0.2, 0.25) is 0 Å². The van der Waals surface area contributed by atoms with Gasteiger partial charge in [-0.1, -0.05) is 0 Å². The van der Waals surface area contributed by atoms with Crippen LogP contribution in [-0.4, -0.2) is 46.7 Å². The summed E-state index contributed by atoms with van der Waals surface area (Å²) in [7, 11) is 1.63. The molecule has 2 aliphatic heterocycles. The molecule has 1 N–H and O–H groups in total. The molecule has 2 saturated heterocycles. The maximum Gasteiger partial charge on any atom is 0.307 e. The summed E-state index contributed by atoms with van der Waals surface area (Å²) in [5, 5.41) is 9.43. The summed E-state index contributed by atoms with van der Waals surface area (Å²) in [6, 6.07) is 0. The van der Waals surface area contributed by atoms with Crippen molar-refractivity contribution in [3.8, 4) is 0 Å². The van der Waals surface area contributed by atoms with Gasteiger partial charge in [0.1, 0.15) is 11.1 Å². The fourth-order valence-corrected chi connectivity index (χ4v) is 2.59. The average molecular weight is 213 g/mol. The van der Waals surface area contributed by atoms with Gasteiger partial charge in [0.05, 0.1) is 18.9 Å². The number of carbonyl (C=O) groups excluding carboxylic acids is 2. The molecule has 84 valence electrons. The van der Waals surface area contributed by atoms with E-state index in [4.69, 9.17) is 4.74 Å². The molecule has 5 nitrogen and oxygen atoms in total. The Labute approximate surface area is 88.0 Å². The molecule has 2 heterocycles. The molecule has 0 aromatic heterocycles. The molecule has 0 unspecified atom stereocenters. The Balaban J connectivity index is 2.50. The fourth-order valence-electron chi connectivity index (χ4n) is 2.59. The normalized spacial score (nSPS) is 44.5. The number of likely N-dealkylation sites (tertiary alicyclic amines) is 1. The maximum atomic E-state index is 11.9. The van der Waals surface area contributed by atoms with E-state index in [-0.39, 0.29) is 24.9 Å². The van der Waals surface area contributed by atoms with Crippen LogP contribution in [0.5, 0.6) is 0 Å². The van der Waals surface area contributed by atoms with E-state index < -0.39 is 17.1 Å². The second-order valence-electron chi connectivity index (χ2n) is 4.67. The Hall–Kier alpha value is -1.10. The van der Waals surface area contributed by atoms with Crippen molar-refractivity contribution in [2.24, 2.45) is 5.92 Å². The Morgan fingerprint density at radius 2 is 2.13 bits per heavy atom. The molecule has 0 aromatic rings. The SMILES string of the molecule is CN1C(=O)[C@@H]2CC(=O)O[C@]2(C)[C@@]1(C)CO. The van der Waals surface area contributed by atoms with Crippen LogP contribution in [0.15, 0.2) is 0 Å². The molecule has 2 rings (SSSR count). The van der Waals surface area contributed by atoms with E-state index >= 15 is 0 Å². The average Bonchev–Trinajstić information content (AvgIpc) is 2.56. The van der Waals surface area contributed by atoms with Gasteiger partial charge >= 0.3 is 5.97 Å². The number of esters is 1. The number of carbonyl (C=O) groups is 2. The lowest BCUT2D eigenvalue weighted by atomic mass is 9.78. The van der Waals surface area contributed by atoms with Crippen LogP contribution in [0.1, 0.15) is 20.3 Å². The van der Waals surface area contributed by atoms with E-state index in [9.17, 15) is 14.7 Å². The van der Waals surface area contributed by atoms with Gasteiger partial charge in [0.2, 0.25) is 5.91 Å². The zero-order valence-corrected chi connectivity index (χ0v) is 9.11. The molecule has 0 aromatic carbocycles. The number of amides is 1. The van der Waals surface area contributed by atoms with E-state index in [1.807, 2.05) is 0 Å². The van der Waals surface area contributed by atoms with Crippen LogP contribution < -0.4 is 0 Å². The summed E-state index contributed by atoms with van der Waals surface area (Å²) < 4.78 is 5.26. The number of rotatable bonds is 1. The van der Waals surface area contributed by atoms with Gasteiger partial charge in [0.15, 0.2) is 0 Å². The molecule has 5 heteroatoms. The summed E-state index contributed by atoms with van der Waals surface area (Å²) in [6.07, 6.45) is 0.120. The second kappa shape index (κ2) is 2.72. The van der Waals surface area contributed by atoms with Crippen molar-refractivity contribution >= 4 is 11.9 Å². The molecule has 0 saturated carbocycles. The van der Waals surface area contributed by atoms with Gasteiger partial charge in [-0.15, -0.1) is 0 Å². The van der Waals surface area contributed by atoms with Crippen molar-refractivity contribution in [1.29, 1.82) is 0 Å². The minimum atomic E-state index is -0.898. The lowest BCUT2D eigenvalue weighted by Crippen LogP contribution is -2.57. The third-order valence-corrected chi connectivity index (χ3v) is 4.11. The minimum Gasteiger partial charge on any atom is -0.456 e. The summed E-state index contributed by atoms with van der Waals surface area (Å²) >= 11 is 0. The maximum absolute atomic E-state index is 11.9. The van der Waals surface area contributed by atoms with Crippen LogP contribution in [0.4, 0.5) is 0 Å². The highest BCUT2D eigenvalue weighted by Gasteiger charge is 2.68. The molecule has 0 bridgehead atoms. The first-order valence-corrected chi connectivity index (χ1v) is 4.97. The number of aliphatic hydroxyl groups excluding tert-OH is 1. The topological polar surface area (TPSA) is 66.8 Å². The lowest BCUT2D eigenvalue weighted by molar-refractivity contribution is -0.159. The number of nitrogens with zero attached hydrogens (tertiary/aromatic N) is 1. The van der Waals surface area contributed by atoms with Crippen molar-refractivity contribution < 1.29 is 19.4 Å². The largest absolute Gasteiger partial charge is 0.456 e. The standard InChI is InChI=1S/C10H15NO4/c1-9(5-12)10(2)6(4-7(13)15-10)8(14)11(9)3/h6,12H,4-5H2,1-3H3/t6-,9+,10-/m0/s1. The fraction of sp³-hybridized carbons (Fsp3) is 0.800. The van der Waals surface area contributed by atoms with Crippen LogP contribution >= 0.6 is 0 Å². The van der Waals surface area contributed by atoms with Crippen LogP contribution in [-0.2, 0) is 14.3 Å². The van der Waals surface area contributed by atoms with Gasteiger partial charge in [-0.3, -0.25) is 9.59 Å². The van der Waals surface area contributed by atoms with Gasteiger partial charge in [-0.2, -0.15) is 0 Å². The van der Waals surface area contributed by atoms with Crippen molar-refractivity contribution in [3.05, 3.63) is 0 Å². The first-order valence-electron chi connectivity index (χ1n) is 4.97. The first-order chi connectivity index (χ1) is 6.87. The van der Waals surface area contributed by atoms with Crippen molar-refractivity contribution in [2.75, 3.05) is 13.7 Å². The number of aliphatic hydroxyl groups is 1. The minimum absolute atomic E-state index is 0.120. The highest BCUT2D eigenvalue weighted by Crippen LogP contribution is 2.49. The molecular formula is C10H15NO4. The predicted molar refractivity (Wildman–Crippen MR) is 50.9 cm³/mol. The van der Waals surface area contributed by atoms with Crippen LogP contribution in [0.3, 0.4) is 0 Å². The monoisotopic (exact) mass is 213 g/mol. The third-order valence-electron chi connectivity index (χ3n) is 4.11. The van der Waals surface area contributed by atoms with Crippen molar-refractivity contribution in [1.82, 2.24) is 4.90 Å². The third kappa shape index (κ3) is 0.963. The van der Waals surface area contributed by atoms with Crippen molar-refractivity contribution in [3.63, 3.8) is 0 Å². The number of hydrogen-bond donors (Lipinski definition) is 1. The summed E-state index contributed by atoms with van der Waals surface area (Å²) in [5.74, 6) is -0.935. The second-order valence-corrected chi connectivity index (χ2v) is 4.67. The Bertz CT molecular complexity index is 342. The van der Waals surface area contributed by atoms with E-state index in [0.717, 1.165) is 0 Å². The molecule has 2 aliphatic rings. The van der Waals surface area contributed by atoms with E-state index in [0.29, 0.717) is 0 Å². The molecule has 2 fully saturated rings. The van der Waals surface area contributed by atoms with Gasteiger partial charge in [-0.25, -0.2) is 0 Å². The van der Waals surface area contributed by atoms with Crippen molar-refractivity contribution in [2.45, 2.75) is 31.4 Å². The highest BCUT2D eigenvalue weighted by atomic mass is 16.6. The van der Waals surface area contributed by atoms with Gasteiger partial charge in [-0.05, 0) is 13.8 Å². The molecule has 15 heavy (non-hydrogen) atoms. The molecule has 1 amide bonds. The van der Waals surface area contributed by atoms with Gasteiger partial charge < -0.3 is 14.7 Å². The molecule has 0 spiro atoms. The van der Waals surface area contributed by atoms with E-state index in [2.05, 4.69) is 0 Å². The number of ether oxygens (including phenoxy) is 1. The molecule has 0 aliphatic carbocycles. The van der Waals surface area contributed by atoms with Gasteiger partial charge in [0, 0.05) is 7.05 Å². The summed E-state index contributed by atoms with van der Waals surface area (Å²) in [6.45, 7) is 3.25. The molecule has 0 radical (unpaired) electrons. The Morgan fingerprint density at radius 1 is 1.53 bits per heavy atom. The summed E-state index contributed by atoms with van der Waals surface area (Å²) in [4.78, 5) is 24.6. The zero-order valence-electron chi connectivity index (χ0n) is 9.11. The van der Waals surface area contributed by atoms with Crippen LogP contribution in [0.25, 0.3) is 0 Å². The zero-order chi connectivity index (χ0) is 11.4.